The van der Waals surface area contributed by atoms with Crippen LogP contribution in [0.2, 0.25) is 0 Å². The third-order valence-electron chi connectivity index (χ3n) is 5.31. The lowest BCUT2D eigenvalue weighted by atomic mass is 9.95. The molecule has 3 aromatic rings. The molecule has 0 aliphatic heterocycles. The van der Waals surface area contributed by atoms with Crippen molar-refractivity contribution in [3.05, 3.63) is 64.4 Å². The van der Waals surface area contributed by atoms with Crippen molar-refractivity contribution in [1.29, 1.82) is 0 Å². The average Bonchev–Trinajstić information content (AvgIpc) is 2.73. The minimum Gasteiger partial charge on any atom is -0.353 e. The fourth-order valence-corrected chi connectivity index (χ4v) is 4.67. The number of benzene rings is 2. The molecule has 0 atom stereocenters. The molecule has 1 aromatic heterocycles. The number of aromatic nitrogens is 2. The monoisotopic (exact) mass is 407 g/mol. The van der Waals surface area contributed by atoms with E-state index in [-0.39, 0.29) is 23.3 Å². The van der Waals surface area contributed by atoms with Crippen molar-refractivity contribution >= 4 is 28.6 Å². The molecule has 6 heteroatoms. The highest BCUT2D eigenvalue weighted by atomic mass is 32.2. The molecule has 5 nitrogen and oxygen atoms in total. The van der Waals surface area contributed by atoms with Gasteiger partial charge in [-0.25, -0.2) is 4.98 Å². The Labute approximate surface area is 174 Å². The Morgan fingerprint density at radius 2 is 1.93 bits per heavy atom. The number of hydrogen-bond acceptors (Lipinski definition) is 4. The number of carbonyl (C=O) groups is 1. The molecule has 0 radical (unpaired) electrons. The Bertz CT molecular complexity index is 1090. The fraction of sp³-hybridized carbons (Fsp3) is 0.348. The zero-order valence-corrected chi connectivity index (χ0v) is 17.4. The average molecular weight is 408 g/mol. The number of hydrogen-bond donors (Lipinski definition) is 1. The van der Waals surface area contributed by atoms with Gasteiger partial charge in [0.1, 0.15) is 0 Å². The van der Waals surface area contributed by atoms with Crippen LogP contribution in [0.15, 0.2) is 58.5 Å². The van der Waals surface area contributed by atoms with Crippen molar-refractivity contribution in [2.75, 3.05) is 5.75 Å². The summed E-state index contributed by atoms with van der Waals surface area (Å²) in [5.41, 5.74) is 2.37. The second-order valence-electron chi connectivity index (χ2n) is 7.58. The third kappa shape index (κ3) is 4.53. The van der Waals surface area contributed by atoms with Gasteiger partial charge in [0.15, 0.2) is 5.16 Å². The Morgan fingerprint density at radius 1 is 1.14 bits per heavy atom. The van der Waals surface area contributed by atoms with E-state index in [0.717, 1.165) is 24.1 Å². The van der Waals surface area contributed by atoms with Gasteiger partial charge < -0.3 is 5.32 Å². The molecule has 1 amide bonds. The summed E-state index contributed by atoms with van der Waals surface area (Å²) in [7, 11) is 0. The molecule has 29 heavy (non-hydrogen) atoms. The minimum absolute atomic E-state index is 0.0000924. The topological polar surface area (TPSA) is 64.0 Å². The van der Waals surface area contributed by atoms with E-state index < -0.39 is 0 Å². The molecule has 0 saturated heterocycles. The van der Waals surface area contributed by atoms with Gasteiger partial charge in [0.25, 0.3) is 5.56 Å². The summed E-state index contributed by atoms with van der Waals surface area (Å²) in [6.45, 7) is 1.99. The Kier molecular flexibility index (Phi) is 6.00. The lowest BCUT2D eigenvalue weighted by Crippen LogP contribution is -2.37. The summed E-state index contributed by atoms with van der Waals surface area (Å²) in [5.74, 6) is 0.243. The number of para-hydroxylation sites is 1. The van der Waals surface area contributed by atoms with Gasteiger partial charge in [-0.15, -0.1) is 0 Å². The number of thioether (sulfide) groups is 1. The van der Waals surface area contributed by atoms with Crippen LogP contribution in [-0.2, 0) is 4.79 Å². The van der Waals surface area contributed by atoms with Crippen LogP contribution in [0.5, 0.6) is 0 Å². The number of aryl methyl sites for hydroxylation is 1. The van der Waals surface area contributed by atoms with Crippen LogP contribution in [0, 0.1) is 6.92 Å². The van der Waals surface area contributed by atoms with Crippen molar-refractivity contribution in [2.45, 2.75) is 50.2 Å². The van der Waals surface area contributed by atoms with Crippen LogP contribution in [-0.4, -0.2) is 27.3 Å². The van der Waals surface area contributed by atoms with E-state index in [1.807, 2.05) is 49.4 Å². The lowest BCUT2D eigenvalue weighted by Gasteiger charge is -2.22. The Balaban J connectivity index is 1.64. The number of fused-ring (bicyclic) bond motifs is 1. The predicted octanol–water partition coefficient (Wildman–Crippen LogP) is 4.24. The summed E-state index contributed by atoms with van der Waals surface area (Å²) in [6, 6.07) is 15.4. The molecular formula is C23H25N3O2S. The highest BCUT2D eigenvalue weighted by molar-refractivity contribution is 7.99. The summed E-state index contributed by atoms with van der Waals surface area (Å²) in [6.07, 6.45) is 5.72. The molecular weight excluding hydrogens is 382 g/mol. The van der Waals surface area contributed by atoms with Crippen LogP contribution < -0.4 is 10.9 Å². The highest BCUT2D eigenvalue weighted by Crippen LogP contribution is 2.22. The molecule has 1 aliphatic rings. The molecule has 2 aromatic carbocycles. The van der Waals surface area contributed by atoms with Gasteiger partial charge in [-0.05, 0) is 49.6 Å². The van der Waals surface area contributed by atoms with E-state index in [9.17, 15) is 9.59 Å². The van der Waals surface area contributed by atoms with Gasteiger partial charge in [-0.3, -0.25) is 14.2 Å². The largest absolute Gasteiger partial charge is 0.353 e. The van der Waals surface area contributed by atoms with Crippen LogP contribution in [0.25, 0.3) is 16.6 Å². The number of amides is 1. The molecule has 1 heterocycles. The van der Waals surface area contributed by atoms with E-state index in [4.69, 9.17) is 4.98 Å². The Morgan fingerprint density at radius 3 is 2.72 bits per heavy atom. The summed E-state index contributed by atoms with van der Waals surface area (Å²) in [5, 5.41) is 4.25. The smallest absolute Gasteiger partial charge is 0.266 e. The second kappa shape index (κ2) is 8.82. The number of carbonyl (C=O) groups excluding carboxylic acids is 1. The lowest BCUT2D eigenvalue weighted by molar-refractivity contribution is -0.119. The molecule has 1 fully saturated rings. The second-order valence-corrected chi connectivity index (χ2v) is 8.52. The fourth-order valence-electron chi connectivity index (χ4n) is 3.85. The predicted molar refractivity (Wildman–Crippen MR) is 118 cm³/mol. The van der Waals surface area contributed by atoms with Crippen molar-refractivity contribution in [3.63, 3.8) is 0 Å². The highest BCUT2D eigenvalue weighted by Gasteiger charge is 2.18. The summed E-state index contributed by atoms with van der Waals surface area (Å²) in [4.78, 5) is 30.4. The maximum atomic E-state index is 13.2. The summed E-state index contributed by atoms with van der Waals surface area (Å²) >= 11 is 1.31. The van der Waals surface area contributed by atoms with Crippen LogP contribution in [0.3, 0.4) is 0 Å². The Hall–Kier alpha value is -2.60. The van der Waals surface area contributed by atoms with Crippen LogP contribution in [0.1, 0.15) is 37.7 Å². The van der Waals surface area contributed by atoms with Crippen molar-refractivity contribution in [3.8, 4) is 5.69 Å². The van der Waals surface area contributed by atoms with E-state index in [2.05, 4.69) is 5.32 Å². The summed E-state index contributed by atoms with van der Waals surface area (Å²) < 4.78 is 1.62. The van der Waals surface area contributed by atoms with Crippen LogP contribution in [0.4, 0.5) is 0 Å². The van der Waals surface area contributed by atoms with Crippen LogP contribution >= 0.6 is 11.8 Å². The molecule has 1 saturated carbocycles. The van der Waals surface area contributed by atoms with Crippen molar-refractivity contribution < 1.29 is 4.79 Å². The zero-order chi connectivity index (χ0) is 20.2. The van der Waals surface area contributed by atoms with Gasteiger partial charge >= 0.3 is 0 Å². The molecule has 1 aliphatic carbocycles. The number of rotatable bonds is 5. The van der Waals surface area contributed by atoms with E-state index in [0.29, 0.717) is 16.1 Å². The maximum absolute atomic E-state index is 13.2. The molecule has 150 valence electrons. The maximum Gasteiger partial charge on any atom is 0.266 e. The molecule has 0 bridgehead atoms. The molecule has 1 N–H and O–H groups in total. The van der Waals surface area contributed by atoms with Crippen molar-refractivity contribution in [2.24, 2.45) is 0 Å². The first-order valence-electron chi connectivity index (χ1n) is 10.1. The van der Waals surface area contributed by atoms with Gasteiger partial charge in [0, 0.05) is 6.04 Å². The van der Waals surface area contributed by atoms with Crippen molar-refractivity contribution in [1.82, 2.24) is 14.9 Å². The van der Waals surface area contributed by atoms with Gasteiger partial charge in [0.05, 0.1) is 22.3 Å². The SMILES string of the molecule is Cc1cccc(-n2c(SCC(=O)NC3CCCCC3)nc3ccccc3c2=O)c1. The molecule has 0 unspecified atom stereocenters. The zero-order valence-electron chi connectivity index (χ0n) is 16.6. The van der Waals surface area contributed by atoms with Gasteiger partial charge in [-0.1, -0.05) is 55.3 Å². The van der Waals surface area contributed by atoms with Gasteiger partial charge in [0.2, 0.25) is 5.91 Å². The number of nitrogens with one attached hydrogen (secondary N) is 1. The first-order chi connectivity index (χ1) is 14.1. The standard InChI is InChI=1S/C23H25N3O2S/c1-16-8-7-11-18(14-16)26-22(28)19-12-5-6-13-20(19)25-23(26)29-15-21(27)24-17-9-3-2-4-10-17/h5-8,11-14,17H,2-4,9-10,15H2,1H3,(H,24,27). The first-order valence-corrected chi connectivity index (χ1v) is 11.1. The molecule has 0 spiro atoms. The normalized spacial score (nSPS) is 14.8. The minimum atomic E-state index is -0.114. The van der Waals surface area contributed by atoms with Gasteiger partial charge in [-0.2, -0.15) is 0 Å². The molecule has 4 rings (SSSR count). The quantitative estimate of drug-likeness (QED) is 0.508. The third-order valence-corrected chi connectivity index (χ3v) is 6.25. The van der Waals surface area contributed by atoms with E-state index in [1.54, 1.807) is 10.6 Å². The van der Waals surface area contributed by atoms with E-state index >= 15 is 0 Å². The first kappa shape index (κ1) is 19.7. The number of nitrogens with zero attached hydrogens (tertiary/aromatic N) is 2. The van der Waals surface area contributed by atoms with E-state index in [1.165, 1.54) is 31.0 Å².